The molecule has 21 heavy (non-hydrogen) atoms. The van der Waals surface area contributed by atoms with E-state index in [0.717, 1.165) is 12.0 Å². The van der Waals surface area contributed by atoms with Crippen molar-refractivity contribution in [2.24, 2.45) is 0 Å². The van der Waals surface area contributed by atoms with E-state index in [9.17, 15) is 9.18 Å². The predicted octanol–water partition coefficient (Wildman–Crippen LogP) is 3.51. The first-order valence-corrected chi connectivity index (χ1v) is 7.05. The number of carbonyl (C=O) groups is 1. The highest BCUT2D eigenvalue weighted by atomic mass is 19.1. The molecule has 0 bridgehead atoms. The van der Waals surface area contributed by atoms with Gasteiger partial charge in [-0.2, -0.15) is 0 Å². The second kappa shape index (κ2) is 6.53. The molecule has 0 saturated carbocycles. The minimum atomic E-state index is -0.371. The van der Waals surface area contributed by atoms with Crippen LogP contribution >= 0.6 is 0 Å². The Morgan fingerprint density at radius 1 is 1.05 bits per heavy atom. The summed E-state index contributed by atoms with van der Waals surface area (Å²) in [5, 5.41) is 2.97. The fraction of sp³-hybridized carbons (Fsp3) is 0.278. The third kappa shape index (κ3) is 4.71. The second-order valence-corrected chi connectivity index (χ2v) is 5.86. The normalized spacial score (nSPS) is 11.2. The Balaban J connectivity index is 1.96. The van der Waals surface area contributed by atoms with Crippen molar-refractivity contribution in [1.29, 1.82) is 0 Å². The highest BCUT2D eigenvalue weighted by Crippen LogP contribution is 2.13. The summed E-state index contributed by atoms with van der Waals surface area (Å²) >= 11 is 0. The Kier molecular flexibility index (Phi) is 4.73. The van der Waals surface area contributed by atoms with Gasteiger partial charge in [-0.3, -0.25) is 4.79 Å². The number of hydrogen-bond acceptors (Lipinski definition) is 1. The molecule has 0 atom stereocenters. The Morgan fingerprint density at radius 3 is 2.33 bits per heavy atom. The zero-order valence-electron chi connectivity index (χ0n) is 12.4. The quantitative estimate of drug-likeness (QED) is 0.895. The summed E-state index contributed by atoms with van der Waals surface area (Å²) in [6.07, 6.45) is 0.793. The highest BCUT2D eigenvalue weighted by Gasteiger charge is 2.21. The molecule has 2 nitrogen and oxygen atoms in total. The minimum absolute atomic E-state index is 0.0604. The van der Waals surface area contributed by atoms with E-state index in [-0.39, 0.29) is 23.7 Å². The van der Waals surface area contributed by atoms with Gasteiger partial charge in [-0.05, 0) is 37.5 Å². The van der Waals surface area contributed by atoms with Crippen LogP contribution in [0.2, 0.25) is 0 Å². The predicted molar refractivity (Wildman–Crippen MR) is 82.5 cm³/mol. The molecule has 0 heterocycles. The van der Waals surface area contributed by atoms with Gasteiger partial charge in [0.05, 0.1) is 6.42 Å². The molecular formula is C18H20FNO. The second-order valence-electron chi connectivity index (χ2n) is 5.86. The summed E-state index contributed by atoms with van der Waals surface area (Å²) in [5.74, 6) is -0.505. The summed E-state index contributed by atoms with van der Waals surface area (Å²) in [6, 6.07) is 16.4. The van der Waals surface area contributed by atoms with Gasteiger partial charge >= 0.3 is 0 Å². The maximum absolute atomic E-state index is 13.5. The van der Waals surface area contributed by atoms with E-state index in [2.05, 4.69) is 5.32 Å². The van der Waals surface area contributed by atoms with Crippen LogP contribution in [0.15, 0.2) is 54.6 Å². The van der Waals surface area contributed by atoms with E-state index >= 15 is 0 Å². The van der Waals surface area contributed by atoms with Crippen molar-refractivity contribution in [2.75, 3.05) is 0 Å². The number of hydrogen-bond donors (Lipinski definition) is 1. The lowest BCUT2D eigenvalue weighted by molar-refractivity contribution is -0.122. The van der Waals surface area contributed by atoms with Crippen LogP contribution in [0.3, 0.4) is 0 Å². The van der Waals surface area contributed by atoms with Gasteiger partial charge in [-0.25, -0.2) is 4.39 Å². The summed E-state index contributed by atoms with van der Waals surface area (Å²) in [6.45, 7) is 3.94. The number of carbonyl (C=O) groups excluding carboxylic acids is 1. The molecule has 1 amide bonds. The van der Waals surface area contributed by atoms with Crippen LogP contribution in [0.5, 0.6) is 0 Å². The highest BCUT2D eigenvalue weighted by molar-refractivity contribution is 5.79. The Labute approximate surface area is 125 Å². The van der Waals surface area contributed by atoms with E-state index in [1.165, 1.54) is 6.07 Å². The van der Waals surface area contributed by atoms with Crippen LogP contribution in [0, 0.1) is 5.82 Å². The maximum atomic E-state index is 13.5. The molecule has 0 fully saturated rings. The van der Waals surface area contributed by atoms with Gasteiger partial charge in [0.25, 0.3) is 0 Å². The fourth-order valence-electron chi connectivity index (χ4n) is 2.39. The van der Waals surface area contributed by atoms with Gasteiger partial charge in [0, 0.05) is 5.54 Å². The largest absolute Gasteiger partial charge is 0.351 e. The van der Waals surface area contributed by atoms with Crippen LogP contribution < -0.4 is 5.32 Å². The van der Waals surface area contributed by atoms with E-state index in [4.69, 9.17) is 0 Å². The first-order valence-electron chi connectivity index (χ1n) is 7.05. The molecule has 0 aromatic heterocycles. The smallest absolute Gasteiger partial charge is 0.224 e. The molecule has 0 spiro atoms. The standard InChI is InChI=1S/C18H20FNO/c1-18(2,13-14-8-4-3-5-9-14)20-17(21)12-15-10-6-7-11-16(15)19/h3-11H,12-13H2,1-2H3,(H,20,21). The lowest BCUT2D eigenvalue weighted by Crippen LogP contribution is -2.45. The van der Waals surface area contributed by atoms with Gasteiger partial charge in [0.2, 0.25) is 5.91 Å². The molecule has 0 aliphatic rings. The monoisotopic (exact) mass is 285 g/mol. The van der Waals surface area contributed by atoms with Gasteiger partial charge in [0.15, 0.2) is 0 Å². The molecule has 2 aromatic rings. The first kappa shape index (κ1) is 15.2. The molecule has 0 aliphatic heterocycles. The molecule has 0 unspecified atom stereocenters. The van der Waals surface area contributed by atoms with Gasteiger partial charge in [-0.1, -0.05) is 48.5 Å². The molecule has 0 radical (unpaired) electrons. The number of halogens is 1. The van der Waals surface area contributed by atoms with Crippen molar-refractivity contribution in [3.05, 3.63) is 71.5 Å². The lowest BCUT2D eigenvalue weighted by Gasteiger charge is -2.26. The molecule has 0 aliphatic carbocycles. The zero-order chi connectivity index (χ0) is 15.3. The maximum Gasteiger partial charge on any atom is 0.224 e. The summed E-state index contributed by atoms with van der Waals surface area (Å²) < 4.78 is 13.5. The van der Waals surface area contributed by atoms with Crippen molar-refractivity contribution in [1.82, 2.24) is 5.32 Å². The van der Waals surface area contributed by atoms with Crippen LogP contribution in [0.4, 0.5) is 4.39 Å². The number of rotatable bonds is 5. The van der Waals surface area contributed by atoms with Crippen LogP contribution in [-0.4, -0.2) is 11.4 Å². The summed E-state index contributed by atoms with van der Waals surface area (Å²) in [4.78, 5) is 12.1. The van der Waals surface area contributed by atoms with Gasteiger partial charge in [0.1, 0.15) is 5.82 Å². The van der Waals surface area contributed by atoms with E-state index in [1.807, 2.05) is 44.2 Å². The van der Waals surface area contributed by atoms with E-state index < -0.39 is 0 Å². The van der Waals surface area contributed by atoms with Crippen molar-refractivity contribution in [2.45, 2.75) is 32.2 Å². The van der Waals surface area contributed by atoms with E-state index in [1.54, 1.807) is 18.2 Å². The molecule has 1 N–H and O–H groups in total. The molecular weight excluding hydrogens is 265 g/mol. The molecule has 110 valence electrons. The zero-order valence-corrected chi connectivity index (χ0v) is 12.4. The van der Waals surface area contributed by atoms with Gasteiger partial charge in [-0.15, -0.1) is 0 Å². The minimum Gasteiger partial charge on any atom is -0.351 e. The third-order valence-corrected chi connectivity index (χ3v) is 3.28. The molecule has 2 aromatic carbocycles. The van der Waals surface area contributed by atoms with E-state index in [0.29, 0.717) is 5.56 Å². The average molecular weight is 285 g/mol. The van der Waals surface area contributed by atoms with Crippen molar-refractivity contribution in [3.8, 4) is 0 Å². The fourth-order valence-corrected chi connectivity index (χ4v) is 2.39. The van der Waals surface area contributed by atoms with Crippen LogP contribution in [-0.2, 0) is 17.6 Å². The van der Waals surface area contributed by atoms with Crippen molar-refractivity contribution >= 4 is 5.91 Å². The van der Waals surface area contributed by atoms with Crippen LogP contribution in [0.1, 0.15) is 25.0 Å². The first-order chi connectivity index (χ1) is 9.96. The number of benzene rings is 2. The molecule has 0 saturated heterocycles. The third-order valence-electron chi connectivity index (χ3n) is 3.28. The summed E-state index contributed by atoms with van der Waals surface area (Å²) in [5.41, 5.74) is 1.21. The van der Waals surface area contributed by atoms with Gasteiger partial charge < -0.3 is 5.32 Å². The Bertz CT molecular complexity index is 608. The molecule has 3 heteroatoms. The molecule has 2 rings (SSSR count). The SMILES string of the molecule is CC(C)(Cc1ccccc1)NC(=O)Cc1ccccc1F. The number of nitrogens with one attached hydrogen (secondary N) is 1. The topological polar surface area (TPSA) is 29.1 Å². The lowest BCUT2D eigenvalue weighted by atomic mass is 9.94. The average Bonchev–Trinajstić information content (AvgIpc) is 2.41. The number of amides is 1. The van der Waals surface area contributed by atoms with Crippen LogP contribution in [0.25, 0.3) is 0 Å². The Hall–Kier alpha value is -2.16. The summed E-state index contributed by atoms with van der Waals surface area (Å²) in [7, 11) is 0. The Morgan fingerprint density at radius 2 is 1.67 bits per heavy atom. The van der Waals surface area contributed by atoms with Crippen molar-refractivity contribution < 1.29 is 9.18 Å². The van der Waals surface area contributed by atoms with Crippen molar-refractivity contribution in [3.63, 3.8) is 0 Å².